The van der Waals surface area contributed by atoms with Crippen LogP contribution in [0.5, 0.6) is 5.75 Å². The van der Waals surface area contributed by atoms with Crippen LogP contribution in [0.15, 0.2) is 0 Å². The maximum atomic E-state index is 11.4. The van der Waals surface area contributed by atoms with Crippen molar-refractivity contribution in [2.45, 2.75) is 33.6 Å². The molecule has 0 radical (unpaired) electrons. The van der Waals surface area contributed by atoms with E-state index in [9.17, 15) is 4.79 Å². The molecule has 0 spiro atoms. The number of hydrogen-bond donors (Lipinski definition) is 2. The van der Waals surface area contributed by atoms with Gasteiger partial charge in [0.1, 0.15) is 5.00 Å². The zero-order chi connectivity index (χ0) is 13.7. The highest BCUT2D eigenvalue weighted by Crippen LogP contribution is 2.42. The summed E-state index contributed by atoms with van der Waals surface area (Å²) in [6.45, 7) is 6.80. The molecular weight excluding hydrogens is 248 g/mol. The van der Waals surface area contributed by atoms with Gasteiger partial charge < -0.3 is 15.8 Å². The van der Waals surface area contributed by atoms with Gasteiger partial charge >= 0.3 is 0 Å². The van der Waals surface area contributed by atoms with E-state index in [2.05, 4.69) is 19.2 Å². The Labute approximate surface area is 113 Å². The van der Waals surface area contributed by atoms with Gasteiger partial charge in [-0.2, -0.15) is 0 Å². The largest absolute Gasteiger partial charge is 0.492 e. The van der Waals surface area contributed by atoms with E-state index in [0.717, 1.165) is 18.0 Å². The average Bonchev–Trinajstić information content (AvgIpc) is 2.61. The topological polar surface area (TPSA) is 64.3 Å². The molecule has 0 aliphatic carbocycles. The van der Waals surface area contributed by atoms with E-state index < -0.39 is 0 Å². The fourth-order valence-corrected chi connectivity index (χ4v) is 2.73. The predicted molar refractivity (Wildman–Crippen MR) is 77.8 cm³/mol. The molecule has 0 amide bonds. The van der Waals surface area contributed by atoms with Crippen molar-refractivity contribution in [1.82, 2.24) is 0 Å². The Hall–Kier alpha value is -1.23. The van der Waals surface area contributed by atoms with Gasteiger partial charge in [-0.1, -0.05) is 13.8 Å². The summed E-state index contributed by atoms with van der Waals surface area (Å²) in [6, 6.07) is 0. The highest BCUT2D eigenvalue weighted by Gasteiger charge is 2.19. The van der Waals surface area contributed by atoms with Crippen LogP contribution in [0.3, 0.4) is 0 Å². The van der Waals surface area contributed by atoms with Gasteiger partial charge in [-0.3, -0.25) is 4.79 Å². The second-order valence-corrected chi connectivity index (χ2v) is 5.75. The Morgan fingerprint density at radius 2 is 2.17 bits per heavy atom. The predicted octanol–water partition coefficient (Wildman–Crippen LogP) is 3.39. The number of anilines is 2. The molecule has 3 N–H and O–H groups in total. The summed E-state index contributed by atoms with van der Waals surface area (Å²) in [4.78, 5) is 12.0. The van der Waals surface area contributed by atoms with Crippen LogP contribution in [0, 0.1) is 5.92 Å². The third kappa shape index (κ3) is 3.63. The summed E-state index contributed by atoms with van der Waals surface area (Å²) < 4.78 is 5.26. The molecule has 0 bridgehead atoms. The van der Waals surface area contributed by atoms with Crippen molar-refractivity contribution in [3.05, 3.63) is 4.88 Å². The van der Waals surface area contributed by atoms with E-state index in [4.69, 9.17) is 10.5 Å². The number of carbonyl (C=O) groups excluding carboxylic acids is 1. The number of ketones is 1. The quantitative estimate of drug-likeness (QED) is 0.589. The minimum atomic E-state index is -0.0222. The van der Waals surface area contributed by atoms with Gasteiger partial charge in [0.05, 0.1) is 17.7 Å². The average molecular weight is 270 g/mol. The smallest absolute Gasteiger partial charge is 0.176 e. The Bertz CT molecular complexity index is 413. The highest BCUT2D eigenvalue weighted by atomic mass is 32.1. The van der Waals surface area contributed by atoms with E-state index in [0.29, 0.717) is 22.2 Å². The summed E-state index contributed by atoms with van der Waals surface area (Å²) in [6.07, 6.45) is 2.27. The lowest BCUT2D eigenvalue weighted by Gasteiger charge is -2.08. The first kappa shape index (κ1) is 14.8. The van der Waals surface area contributed by atoms with Crippen molar-refractivity contribution in [2.24, 2.45) is 5.92 Å². The molecule has 0 aliphatic heterocycles. The standard InChI is InChI=1S/C13H22N2O2S/c1-8(2)6-5-7-15-13-11(17-4)10(14)12(18-13)9(3)16/h8,15H,5-7,14H2,1-4H3. The minimum Gasteiger partial charge on any atom is -0.492 e. The van der Waals surface area contributed by atoms with Gasteiger partial charge in [0.2, 0.25) is 0 Å². The third-order valence-electron chi connectivity index (χ3n) is 2.67. The van der Waals surface area contributed by atoms with Crippen molar-refractivity contribution in [1.29, 1.82) is 0 Å². The molecule has 0 aromatic carbocycles. The van der Waals surface area contributed by atoms with Crippen molar-refractivity contribution in [3.8, 4) is 5.75 Å². The van der Waals surface area contributed by atoms with Gasteiger partial charge in [0, 0.05) is 13.5 Å². The van der Waals surface area contributed by atoms with Crippen molar-refractivity contribution >= 4 is 27.8 Å². The minimum absolute atomic E-state index is 0.0222. The second kappa shape index (κ2) is 6.64. The lowest BCUT2D eigenvalue weighted by molar-refractivity contribution is 0.102. The molecule has 1 rings (SSSR count). The van der Waals surface area contributed by atoms with E-state index in [-0.39, 0.29) is 5.78 Å². The molecule has 102 valence electrons. The number of nitrogens with one attached hydrogen (secondary N) is 1. The molecule has 1 heterocycles. The van der Waals surface area contributed by atoms with E-state index >= 15 is 0 Å². The monoisotopic (exact) mass is 270 g/mol. The van der Waals surface area contributed by atoms with Gasteiger partial charge in [0.15, 0.2) is 11.5 Å². The molecule has 5 heteroatoms. The number of nitrogen functional groups attached to an aromatic ring is 1. The summed E-state index contributed by atoms with van der Waals surface area (Å²) >= 11 is 1.37. The highest BCUT2D eigenvalue weighted by molar-refractivity contribution is 7.19. The lowest BCUT2D eigenvalue weighted by atomic mass is 10.1. The second-order valence-electron chi connectivity index (χ2n) is 4.73. The van der Waals surface area contributed by atoms with Crippen LogP contribution < -0.4 is 15.8 Å². The molecule has 0 fully saturated rings. The number of nitrogens with two attached hydrogens (primary N) is 1. The number of methoxy groups -OCH3 is 1. The van der Waals surface area contributed by atoms with Crippen LogP contribution in [0.25, 0.3) is 0 Å². The number of hydrogen-bond acceptors (Lipinski definition) is 5. The zero-order valence-electron chi connectivity index (χ0n) is 11.5. The van der Waals surface area contributed by atoms with Gasteiger partial charge in [-0.25, -0.2) is 0 Å². The van der Waals surface area contributed by atoms with Crippen LogP contribution in [0.4, 0.5) is 10.7 Å². The summed E-state index contributed by atoms with van der Waals surface area (Å²) in [7, 11) is 1.57. The van der Waals surface area contributed by atoms with E-state index in [1.165, 1.54) is 24.7 Å². The van der Waals surface area contributed by atoms with Crippen LogP contribution >= 0.6 is 11.3 Å². The Morgan fingerprint density at radius 1 is 1.50 bits per heavy atom. The van der Waals surface area contributed by atoms with Gasteiger partial charge in [-0.15, -0.1) is 11.3 Å². The number of rotatable bonds is 7. The summed E-state index contributed by atoms with van der Waals surface area (Å²) in [5, 5.41) is 4.15. The Balaban J connectivity index is 2.70. The number of Topliss-reactive ketones (excluding diaryl/α,β-unsaturated/α-hetero) is 1. The molecule has 0 saturated carbocycles. The van der Waals surface area contributed by atoms with Crippen molar-refractivity contribution < 1.29 is 9.53 Å². The number of ether oxygens (including phenoxy) is 1. The molecule has 1 aromatic heterocycles. The molecular formula is C13H22N2O2S. The SMILES string of the molecule is COc1c(NCCCC(C)C)sc(C(C)=O)c1N. The van der Waals surface area contributed by atoms with Crippen LogP contribution in [-0.2, 0) is 0 Å². The molecule has 0 saturated heterocycles. The molecule has 0 aliphatic rings. The normalized spacial score (nSPS) is 10.7. The first-order valence-corrected chi connectivity index (χ1v) is 7.00. The van der Waals surface area contributed by atoms with Gasteiger partial charge in [-0.05, 0) is 18.8 Å². The van der Waals surface area contributed by atoms with Crippen molar-refractivity contribution in [2.75, 3.05) is 24.7 Å². The van der Waals surface area contributed by atoms with Crippen LogP contribution in [-0.4, -0.2) is 19.4 Å². The molecule has 0 atom stereocenters. The summed E-state index contributed by atoms with van der Waals surface area (Å²) in [5.41, 5.74) is 6.34. The fourth-order valence-electron chi connectivity index (χ4n) is 1.72. The molecule has 18 heavy (non-hydrogen) atoms. The lowest BCUT2D eigenvalue weighted by Crippen LogP contribution is -2.03. The van der Waals surface area contributed by atoms with E-state index in [1.54, 1.807) is 7.11 Å². The maximum Gasteiger partial charge on any atom is 0.176 e. The van der Waals surface area contributed by atoms with Crippen LogP contribution in [0.1, 0.15) is 43.3 Å². The Morgan fingerprint density at radius 3 is 2.67 bits per heavy atom. The number of thiophene rings is 1. The number of carbonyl (C=O) groups is 1. The third-order valence-corrected chi connectivity index (χ3v) is 3.91. The zero-order valence-corrected chi connectivity index (χ0v) is 12.3. The van der Waals surface area contributed by atoms with Crippen LogP contribution in [0.2, 0.25) is 0 Å². The first-order valence-electron chi connectivity index (χ1n) is 6.18. The Kier molecular flexibility index (Phi) is 5.47. The van der Waals surface area contributed by atoms with Gasteiger partial charge in [0.25, 0.3) is 0 Å². The maximum absolute atomic E-state index is 11.4. The molecule has 4 nitrogen and oxygen atoms in total. The van der Waals surface area contributed by atoms with Crippen molar-refractivity contribution in [3.63, 3.8) is 0 Å². The van der Waals surface area contributed by atoms with E-state index in [1.807, 2.05) is 0 Å². The fraction of sp³-hybridized carbons (Fsp3) is 0.615. The molecule has 1 aromatic rings. The first-order chi connectivity index (χ1) is 8.47. The molecule has 0 unspecified atom stereocenters. The summed E-state index contributed by atoms with van der Waals surface area (Å²) in [5.74, 6) is 1.27.